The van der Waals surface area contributed by atoms with Crippen LogP contribution >= 0.6 is 0 Å². The molecule has 0 aliphatic carbocycles. The van der Waals surface area contributed by atoms with E-state index in [2.05, 4.69) is 39.9 Å². The summed E-state index contributed by atoms with van der Waals surface area (Å²) >= 11 is 0. The molecule has 0 aliphatic rings. The second kappa shape index (κ2) is 12.7. The Hall–Kier alpha value is -0.610. The summed E-state index contributed by atoms with van der Waals surface area (Å²) in [6.45, 7) is 15.8. The number of hydrogen-bond donors (Lipinski definition) is 1. The second-order valence-electron chi connectivity index (χ2n) is 7.48. The fourth-order valence-corrected chi connectivity index (χ4v) is 2.48. The van der Waals surface area contributed by atoms with E-state index in [0.29, 0.717) is 13.2 Å². The Morgan fingerprint density at radius 3 is 2.25 bits per heavy atom. The average Bonchev–Trinajstić information content (AvgIpc) is 2.53. The van der Waals surface area contributed by atoms with Crippen LogP contribution in [0.15, 0.2) is 0 Å². The number of carbonyl (C=O) groups is 1. The molecular weight excluding hydrogens is 302 g/mol. The molecule has 0 radical (unpaired) electrons. The lowest BCUT2D eigenvalue weighted by Gasteiger charge is -2.32. The van der Waals surface area contributed by atoms with E-state index in [1.165, 1.54) is 0 Å². The van der Waals surface area contributed by atoms with E-state index in [0.717, 1.165) is 38.5 Å². The van der Waals surface area contributed by atoms with Crippen molar-refractivity contribution in [2.75, 3.05) is 13.2 Å². The average molecular weight is 344 g/mol. The topological polar surface area (TPSA) is 47.6 Å². The third-order valence-corrected chi connectivity index (χ3v) is 4.64. The zero-order valence-electron chi connectivity index (χ0n) is 17.1. The molecule has 4 heteroatoms. The van der Waals surface area contributed by atoms with Crippen molar-refractivity contribution in [3.63, 3.8) is 0 Å². The van der Waals surface area contributed by atoms with Crippen LogP contribution in [0, 0.1) is 5.92 Å². The van der Waals surface area contributed by atoms with E-state index in [-0.39, 0.29) is 29.6 Å². The van der Waals surface area contributed by atoms with Crippen molar-refractivity contribution in [3.8, 4) is 0 Å². The van der Waals surface area contributed by atoms with Crippen LogP contribution in [0.2, 0.25) is 0 Å². The molecule has 0 rings (SSSR count). The van der Waals surface area contributed by atoms with Crippen LogP contribution in [-0.2, 0) is 14.3 Å². The summed E-state index contributed by atoms with van der Waals surface area (Å²) in [7, 11) is 0. The van der Waals surface area contributed by atoms with Crippen LogP contribution in [0.25, 0.3) is 0 Å². The number of amides is 1. The van der Waals surface area contributed by atoms with Crippen LogP contribution in [0.4, 0.5) is 0 Å². The van der Waals surface area contributed by atoms with E-state index in [1.54, 1.807) is 0 Å². The maximum absolute atomic E-state index is 12.6. The molecule has 0 saturated carbocycles. The van der Waals surface area contributed by atoms with E-state index in [4.69, 9.17) is 9.47 Å². The van der Waals surface area contributed by atoms with E-state index < -0.39 is 0 Å². The van der Waals surface area contributed by atoms with Gasteiger partial charge in [-0.25, -0.2) is 0 Å². The first-order chi connectivity index (χ1) is 11.3. The van der Waals surface area contributed by atoms with E-state index in [9.17, 15) is 4.79 Å². The smallest absolute Gasteiger partial charge is 0.223 e. The summed E-state index contributed by atoms with van der Waals surface area (Å²) in [5.74, 6) is 0.294. The third-order valence-electron chi connectivity index (χ3n) is 4.64. The number of hydrogen-bond acceptors (Lipinski definition) is 3. The second-order valence-corrected chi connectivity index (χ2v) is 7.48. The summed E-state index contributed by atoms with van der Waals surface area (Å²) < 4.78 is 11.5. The first kappa shape index (κ1) is 23.4. The van der Waals surface area contributed by atoms with E-state index in [1.807, 2.05) is 13.8 Å². The first-order valence-electron chi connectivity index (χ1n) is 9.83. The Bertz CT molecular complexity index is 333. The van der Waals surface area contributed by atoms with Gasteiger partial charge in [-0.05, 0) is 53.4 Å². The van der Waals surface area contributed by atoms with Crippen molar-refractivity contribution < 1.29 is 14.3 Å². The summed E-state index contributed by atoms with van der Waals surface area (Å²) in [4.78, 5) is 12.6. The Balaban J connectivity index is 4.37. The van der Waals surface area contributed by atoms with Crippen LogP contribution in [0.1, 0.15) is 87.0 Å². The molecule has 1 amide bonds. The number of carbonyl (C=O) groups excluding carboxylic acids is 1. The van der Waals surface area contributed by atoms with Gasteiger partial charge >= 0.3 is 0 Å². The third kappa shape index (κ3) is 10.3. The zero-order chi connectivity index (χ0) is 18.6. The zero-order valence-corrected chi connectivity index (χ0v) is 17.1. The first-order valence-corrected chi connectivity index (χ1v) is 9.83. The highest BCUT2D eigenvalue weighted by Crippen LogP contribution is 2.17. The fraction of sp³-hybridized carbons (Fsp3) is 0.950. The molecule has 3 unspecified atom stereocenters. The Labute approximate surface area is 150 Å². The highest BCUT2D eigenvalue weighted by molar-refractivity contribution is 5.79. The Morgan fingerprint density at radius 1 is 1.08 bits per heavy atom. The minimum atomic E-state index is -0.302. The van der Waals surface area contributed by atoms with Gasteiger partial charge in [0.25, 0.3) is 0 Å². The molecule has 0 aromatic heterocycles. The highest BCUT2D eigenvalue weighted by atomic mass is 16.5. The molecule has 0 heterocycles. The molecule has 3 atom stereocenters. The van der Waals surface area contributed by atoms with Crippen molar-refractivity contribution in [2.24, 2.45) is 5.92 Å². The van der Waals surface area contributed by atoms with E-state index >= 15 is 0 Å². The van der Waals surface area contributed by atoms with Crippen molar-refractivity contribution in [2.45, 2.75) is 105 Å². The predicted octanol–water partition coefficient (Wildman–Crippen LogP) is 4.71. The van der Waals surface area contributed by atoms with Gasteiger partial charge in [-0.2, -0.15) is 0 Å². The van der Waals surface area contributed by atoms with Crippen molar-refractivity contribution in [1.82, 2.24) is 5.32 Å². The SMILES string of the molecule is CCCCC(CC)C(=O)NC(C)(CC)COC(C)CCOC(C)C. The lowest BCUT2D eigenvalue weighted by molar-refractivity contribution is -0.128. The van der Waals surface area contributed by atoms with Crippen molar-refractivity contribution in [3.05, 3.63) is 0 Å². The fourth-order valence-electron chi connectivity index (χ4n) is 2.48. The minimum Gasteiger partial charge on any atom is -0.379 e. The molecular formula is C20H41NO3. The van der Waals surface area contributed by atoms with Gasteiger partial charge in [0.1, 0.15) is 0 Å². The van der Waals surface area contributed by atoms with Crippen LogP contribution in [0.5, 0.6) is 0 Å². The number of rotatable bonds is 14. The lowest BCUT2D eigenvalue weighted by atomic mass is 9.94. The molecule has 24 heavy (non-hydrogen) atoms. The molecule has 0 aliphatic heterocycles. The maximum Gasteiger partial charge on any atom is 0.223 e. The quantitative estimate of drug-likeness (QED) is 0.497. The molecule has 0 saturated heterocycles. The highest BCUT2D eigenvalue weighted by Gasteiger charge is 2.28. The standard InChI is InChI=1S/C20H41NO3/c1-8-11-12-18(9-2)19(22)21-20(7,10-3)15-24-17(6)13-14-23-16(4)5/h16-18H,8-15H2,1-7H3,(H,21,22). The normalized spacial score (nSPS) is 16.7. The molecule has 1 N–H and O–H groups in total. The summed E-state index contributed by atoms with van der Waals surface area (Å²) in [5, 5.41) is 3.24. The maximum atomic E-state index is 12.6. The van der Waals surface area contributed by atoms with Crippen LogP contribution in [-0.4, -0.2) is 36.9 Å². The van der Waals surface area contributed by atoms with Crippen LogP contribution in [0.3, 0.4) is 0 Å². The lowest BCUT2D eigenvalue weighted by Crippen LogP contribution is -2.51. The molecule has 0 bridgehead atoms. The predicted molar refractivity (Wildman–Crippen MR) is 101 cm³/mol. The number of nitrogens with one attached hydrogen (secondary N) is 1. The monoisotopic (exact) mass is 343 g/mol. The molecule has 0 spiro atoms. The summed E-state index contributed by atoms with van der Waals surface area (Å²) in [5.41, 5.74) is -0.302. The summed E-state index contributed by atoms with van der Waals surface area (Å²) in [6.07, 6.45) is 6.24. The number of unbranched alkanes of at least 4 members (excludes halogenated alkanes) is 1. The molecule has 0 fully saturated rings. The van der Waals surface area contributed by atoms with Gasteiger partial charge in [-0.15, -0.1) is 0 Å². The Morgan fingerprint density at radius 2 is 1.75 bits per heavy atom. The minimum absolute atomic E-state index is 0.118. The van der Waals surface area contributed by atoms with Crippen molar-refractivity contribution >= 4 is 5.91 Å². The Kier molecular flexibility index (Phi) is 12.4. The van der Waals surface area contributed by atoms with Gasteiger partial charge in [0.05, 0.1) is 24.4 Å². The van der Waals surface area contributed by atoms with Gasteiger partial charge in [0.15, 0.2) is 0 Å². The van der Waals surface area contributed by atoms with Gasteiger partial charge in [-0.3, -0.25) is 4.79 Å². The van der Waals surface area contributed by atoms with Gasteiger partial charge in [-0.1, -0.05) is 33.6 Å². The van der Waals surface area contributed by atoms with Crippen molar-refractivity contribution in [1.29, 1.82) is 0 Å². The van der Waals surface area contributed by atoms with Crippen LogP contribution < -0.4 is 5.32 Å². The molecule has 4 nitrogen and oxygen atoms in total. The van der Waals surface area contributed by atoms with Gasteiger partial charge < -0.3 is 14.8 Å². The van der Waals surface area contributed by atoms with Gasteiger partial charge in [0.2, 0.25) is 5.91 Å². The summed E-state index contributed by atoms with van der Waals surface area (Å²) in [6, 6.07) is 0. The molecule has 0 aromatic carbocycles. The molecule has 0 aromatic rings. The largest absolute Gasteiger partial charge is 0.379 e. The van der Waals surface area contributed by atoms with Gasteiger partial charge in [0, 0.05) is 12.5 Å². The molecule has 144 valence electrons. The number of ether oxygens (including phenoxy) is 2.